The number of allylic oxidation sites excluding steroid dienone is 1. The summed E-state index contributed by atoms with van der Waals surface area (Å²) in [6, 6.07) is 69.3. The number of hydrogen-bond acceptors (Lipinski definition) is 4. The molecule has 0 radical (unpaired) electrons. The molecule has 3 aliphatic heterocycles. The van der Waals surface area contributed by atoms with Crippen molar-refractivity contribution >= 4 is 81.0 Å². The number of fused-ring (bicyclic) bond motifs is 7. The van der Waals surface area contributed by atoms with E-state index >= 15 is 0 Å². The second-order valence-corrected chi connectivity index (χ2v) is 32.4. The molecule has 1 spiro atoms. The van der Waals surface area contributed by atoms with Crippen LogP contribution < -0.4 is 41.0 Å². The minimum Gasteiger partial charge on any atom is -0.457 e. The summed E-state index contributed by atoms with van der Waals surface area (Å²) >= 11 is 0. The number of ether oxygens (including phenoxy) is 1. The highest BCUT2D eigenvalue weighted by Gasteiger charge is 2.58. The van der Waals surface area contributed by atoms with Crippen LogP contribution in [0.2, 0.25) is 6.82 Å². The average molecular weight is 1110 g/mol. The van der Waals surface area contributed by atoms with Crippen molar-refractivity contribution in [3.63, 3.8) is 0 Å². The van der Waals surface area contributed by atoms with Crippen LogP contribution in [0, 0.1) is 0 Å². The van der Waals surface area contributed by atoms with Gasteiger partial charge in [-0.3, -0.25) is 4.57 Å². The third kappa shape index (κ3) is 8.50. The van der Waals surface area contributed by atoms with Gasteiger partial charge in [0.2, 0.25) is 6.71 Å². The minimum atomic E-state index is -2.77. The molecule has 14 rings (SSSR count). The number of pyridine rings is 1. The van der Waals surface area contributed by atoms with Gasteiger partial charge in [-0.05, 0) is 138 Å². The first-order valence-electron chi connectivity index (χ1n) is 30.5. The molecular weight excluding hydrogens is 1040 g/mol. The van der Waals surface area contributed by atoms with Crippen LogP contribution >= 0.6 is 0 Å². The maximum absolute atomic E-state index is 7.45. The molecule has 0 fully saturated rings. The van der Waals surface area contributed by atoms with Gasteiger partial charge in [0.05, 0.1) is 28.3 Å². The molecule has 5 nitrogen and oxygen atoms in total. The standard InChI is InChI=1S/C77H77BN4OSi/c1-74(2,3)51-37-38-79-70(44-51)82-64-33-24-36-68-71(64)72-65(82)46-57(47-69(72)84(68)66-34-21-17-29-60(66)78(13)61-30-18-22-35-67(61)84)83-56-28-23-27-55(45-56)80-48-81(63-32-20-19-31-62(63)80)73-58(49-25-15-14-16-26-49)42-54(77(10,11)12)43-59(73)50-39-52(75(4,5)6)41-53(40-50)76(7,8)9/h14-35,37-47,68H,36,48H2,1-13H3. The van der Waals surface area contributed by atoms with Crippen molar-refractivity contribution in [2.75, 3.05) is 16.5 Å². The first kappa shape index (κ1) is 53.9. The van der Waals surface area contributed by atoms with Crippen molar-refractivity contribution in [1.82, 2.24) is 9.55 Å². The van der Waals surface area contributed by atoms with E-state index in [0.717, 1.165) is 40.6 Å². The zero-order chi connectivity index (χ0) is 58.4. The molecular formula is C77H77BN4OSi. The molecule has 1 aliphatic carbocycles. The van der Waals surface area contributed by atoms with Gasteiger partial charge in [-0.2, -0.15) is 0 Å². The van der Waals surface area contributed by atoms with Crippen LogP contribution in [-0.4, -0.2) is 31.0 Å². The van der Waals surface area contributed by atoms with Crippen molar-refractivity contribution in [3.05, 3.63) is 228 Å². The summed E-state index contributed by atoms with van der Waals surface area (Å²) in [5.74, 6) is 2.58. The lowest BCUT2D eigenvalue weighted by Gasteiger charge is -2.44. The van der Waals surface area contributed by atoms with Crippen molar-refractivity contribution in [3.8, 4) is 39.6 Å². The third-order valence-corrected chi connectivity index (χ3v) is 24.4. The number of benzene rings is 8. The van der Waals surface area contributed by atoms with E-state index in [0.29, 0.717) is 18.9 Å². The Hall–Kier alpha value is -8.13. The SMILES string of the molecule is CB1c2ccccc2[Si]2(c3ccccc31)c1cc(Oc3cccc(N4CN(c5c(-c6ccccc6)cc(C(C)(C)C)cc5-c5cc(C(C)(C)C)cc(C(C)(C)C)c5)c5ccccc54)c3)cc3c1c1c(n3-c3cc(C(C)(C)C)ccn3)C=CCC12. The number of para-hydroxylation sites is 2. The van der Waals surface area contributed by atoms with Gasteiger partial charge in [0.15, 0.2) is 8.07 Å². The smallest absolute Gasteiger partial charge is 0.205 e. The number of anilines is 4. The molecule has 7 heteroatoms. The van der Waals surface area contributed by atoms with Crippen LogP contribution in [0.5, 0.6) is 11.5 Å². The largest absolute Gasteiger partial charge is 0.457 e. The number of hydrogen-bond donors (Lipinski definition) is 0. The highest BCUT2D eigenvalue weighted by Crippen LogP contribution is 2.54. The van der Waals surface area contributed by atoms with Gasteiger partial charge >= 0.3 is 0 Å². The van der Waals surface area contributed by atoms with Gasteiger partial charge in [0.25, 0.3) is 0 Å². The van der Waals surface area contributed by atoms with Gasteiger partial charge in [-0.15, -0.1) is 0 Å². The maximum atomic E-state index is 7.45. The maximum Gasteiger partial charge on any atom is 0.205 e. The van der Waals surface area contributed by atoms with Gasteiger partial charge in [-0.1, -0.05) is 233 Å². The zero-order valence-corrected chi connectivity index (χ0v) is 52.3. The van der Waals surface area contributed by atoms with Crippen LogP contribution in [-0.2, 0) is 21.7 Å². The first-order valence-corrected chi connectivity index (χ1v) is 32.5. The molecule has 0 bridgehead atoms. The summed E-state index contributed by atoms with van der Waals surface area (Å²) in [4.78, 5) is 10.2. The number of aromatic nitrogens is 2. The number of nitrogens with zero attached hydrogens (tertiary/aromatic N) is 4. The normalized spacial score (nSPS) is 15.9. The van der Waals surface area contributed by atoms with Crippen LogP contribution in [0.4, 0.5) is 22.7 Å². The van der Waals surface area contributed by atoms with Gasteiger partial charge in [-0.25, -0.2) is 4.98 Å². The average Bonchev–Trinajstić information content (AvgIpc) is 1.48. The zero-order valence-electron chi connectivity index (χ0n) is 51.3. The van der Waals surface area contributed by atoms with Crippen molar-refractivity contribution < 1.29 is 4.74 Å². The molecule has 5 heterocycles. The van der Waals surface area contributed by atoms with Gasteiger partial charge < -0.3 is 14.5 Å². The van der Waals surface area contributed by atoms with E-state index in [1.165, 1.54) is 88.6 Å². The van der Waals surface area contributed by atoms with Crippen molar-refractivity contribution in [1.29, 1.82) is 0 Å². The van der Waals surface area contributed by atoms with Crippen LogP contribution in [0.3, 0.4) is 0 Å². The fourth-order valence-electron chi connectivity index (χ4n) is 14.6. The van der Waals surface area contributed by atoms with Gasteiger partial charge in [0, 0.05) is 40.5 Å². The summed E-state index contributed by atoms with van der Waals surface area (Å²) in [6.07, 6.45) is 7.82. The molecule has 10 aromatic rings. The Bertz CT molecular complexity index is 4250. The second kappa shape index (κ2) is 19.2. The highest BCUT2D eigenvalue weighted by atomic mass is 28.3. The Morgan fingerprint density at radius 2 is 1.10 bits per heavy atom. The second-order valence-electron chi connectivity index (χ2n) is 28.5. The van der Waals surface area contributed by atoms with E-state index in [4.69, 9.17) is 9.72 Å². The predicted octanol–water partition coefficient (Wildman–Crippen LogP) is 16.7. The van der Waals surface area contributed by atoms with Crippen molar-refractivity contribution in [2.24, 2.45) is 0 Å². The van der Waals surface area contributed by atoms with E-state index in [2.05, 4.69) is 298 Å². The van der Waals surface area contributed by atoms with E-state index in [-0.39, 0.29) is 21.7 Å². The summed E-state index contributed by atoms with van der Waals surface area (Å²) in [5.41, 5.74) is 21.6. The fraction of sp³-hybridized carbons (Fsp3) is 0.260. The Morgan fingerprint density at radius 1 is 0.512 bits per heavy atom. The lowest BCUT2D eigenvalue weighted by Crippen LogP contribution is -2.81. The van der Waals surface area contributed by atoms with Crippen LogP contribution in [0.15, 0.2) is 194 Å². The number of rotatable bonds is 7. The lowest BCUT2D eigenvalue weighted by molar-refractivity contribution is 0.483. The molecule has 0 amide bonds. The van der Waals surface area contributed by atoms with Crippen LogP contribution in [0.1, 0.15) is 129 Å². The molecule has 2 aromatic heterocycles. The Morgan fingerprint density at radius 3 is 1.74 bits per heavy atom. The van der Waals surface area contributed by atoms with Crippen molar-refractivity contribution in [2.45, 2.75) is 124 Å². The van der Waals surface area contributed by atoms with E-state index < -0.39 is 8.07 Å². The molecule has 1 atom stereocenters. The summed E-state index contributed by atoms with van der Waals surface area (Å²) in [6.45, 7) is 31.3. The molecule has 0 saturated carbocycles. The van der Waals surface area contributed by atoms with Crippen LogP contribution in [0.25, 0.3) is 45.1 Å². The fourth-order valence-corrected chi connectivity index (χ4v) is 21.0. The molecule has 4 aliphatic rings. The third-order valence-electron chi connectivity index (χ3n) is 19.0. The van der Waals surface area contributed by atoms with E-state index in [1.54, 1.807) is 10.4 Å². The molecule has 0 N–H and O–H groups in total. The monoisotopic (exact) mass is 1110 g/mol. The van der Waals surface area contributed by atoms with E-state index in [9.17, 15) is 0 Å². The Balaban J connectivity index is 0.937. The summed E-state index contributed by atoms with van der Waals surface area (Å²) in [7, 11) is -2.77. The quantitative estimate of drug-likeness (QED) is 0.149. The lowest BCUT2D eigenvalue weighted by atomic mass is 9.42. The molecule has 84 heavy (non-hydrogen) atoms. The minimum absolute atomic E-state index is 0.0474. The highest BCUT2D eigenvalue weighted by molar-refractivity contribution is 7.20. The molecule has 418 valence electrons. The topological polar surface area (TPSA) is 33.5 Å². The summed E-state index contributed by atoms with van der Waals surface area (Å²) in [5, 5.41) is 5.91. The van der Waals surface area contributed by atoms with E-state index in [1.807, 2.05) is 6.20 Å². The first-order chi connectivity index (χ1) is 40.1. The molecule has 1 unspecified atom stereocenters. The Labute approximate surface area is 499 Å². The van der Waals surface area contributed by atoms with Gasteiger partial charge in [0.1, 0.15) is 24.0 Å². The summed E-state index contributed by atoms with van der Waals surface area (Å²) < 4.78 is 9.90. The molecule has 0 saturated heterocycles. The molecule has 8 aromatic carbocycles. The predicted molar refractivity (Wildman–Crippen MR) is 360 cm³/mol. The Kier molecular flexibility index (Phi) is 12.3.